The van der Waals surface area contributed by atoms with Gasteiger partial charge in [-0.15, -0.1) is 11.8 Å². The molecule has 0 bridgehead atoms. The normalized spacial score (nSPS) is 10.5. The van der Waals surface area contributed by atoms with Crippen molar-refractivity contribution in [2.45, 2.75) is 12.7 Å². The molecule has 0 aliphatic rings. The summed E-state index contributed by atoms with van der Waals surface area (Å²) in [6.07, 6.45) is 0. The van der Waals surface area contributed by atoms with Crippen LogP contribution in [0, 0.1) is 12.7 Å². The van der Waals surface area contributed by atoms with Gasteiger partial charge < -0.3 is 16.4 Å². The van der Waals surface area contributed by atoms with Crippen molar-refractivity contribution in [1.82, 2.24) is 15.0 Å². The SMILES string of the molecule is Cc1ccc(NC(=O)CSCc2nc(N)nc(Nc3ccc(F)cc3)n2)cc1. The van der Waals surface area contributed by atoms with Gasteiger partial charge in [-0.1, -0.05) is 17.7 Å². The van der Waals surface area contributed by atoms with Crippen LogP contribution in [0.15, 0.2) is 48.5 Å². The van der Waals surface area contributed by atoms with Crippen LogP contribution in [0.5, 0.6) is 0 Å². The highest BCUT2D eigenvalue weighted by atomic mass is 32.2. The minimum absolute atomic E-state index is 0.0688. The van der Waals surface area contributed by atoms with E-state index in [1.54, 1.807) is 12.1 Å². The number of aromatic nitrogens is 3. The summed E-state index contributed by atoms with van der Waals surface area (Å²) in [5.41, 5.74) is 8.25. The van der Waals surface area contributed by atoms with E-state index in [0.717, 1.165) is 11.3 Å². The summed E-state index contributed by atoms with van der Waals surface area (Å²) in [5.74, 6) is 0.984. The minimum Gasteiger partial charge on any atom is -0.368 e. The average Bonchev–Trinajstić information content (AvgIpc) is 2.65. The van der Waals surface area contributed by atoms with Crippen LogP contribution >= 0.6 is 11.8 Å². The van der Waals surface area contributed by atoms with Crippen molar-refractivity contribution < 1.29 is 9.18 Å². The zero-order valence-electron chi connectivity index (χ0n) is 15.1. The molecule has 144 valence electrons. The van der Waals surface area contributed by atoms with Gasteiger partial charge in [-0.2, -0.15) is 15.0 Å². The molecule has 0 aliphatic carbocycles. The van der Waals surface area contributed by atoms with Crippen LogP contribution in [0.4, 0.5) is 27.7 Å². The van der Waals surface area contributed by atoms with E-state index < -0.39 is 0 Å². The molecule has 1 amide bonds. The molecule has 0 radical (unpaired) electrons. The number of halogens is 1. The molecule has 7 nitrogen and oxygen atoms in total. The standard InChI is InChI=1S/C19H19FN6OS/c1-12-2-6-14(7-3-12)22-17(27)11-28-10-16-24-18(21)26-19(25-16)23-15-8-4-13(20)5-9-15/h2-9H,10-11H2,1H3,(H,22,27)(H3,21,23,24,25,26). The molecule has 0 spiro atoms. The summed E-state index contributed by atoms with van der Waals surface area (Å²) in [5, 5.41) is 5.79. The van der Waals surface area contributed by atoms with Gasteiger partial charge in [-0.3, -0.25) is 4.79 Å². The number of aryl methyl sites for hydroxylation is 1. The lowest BCUT2D eigenvalue weighted by Gasteiger charge is -2.08. The fourth-order valence-electron chi connectivity index (χ4n) is 2.29. The van der Waals surface area contributed by atoms with Crippen LogP contribution in [-0.2, 0) is 10.5 Å². The average molecular weight is 398 g/mol. The molecule has 0 atom stereocenters. The van der Waals surface area contributed by atoms with Crippen LogP contribution in [0.1, 0.15) is 11.4 Å². The molecule has 3 rings (SSSR count). The van der Waals surface area contributed by atoms with Gasteiger partial charge in [-0.25, -0.2) is 4.39 Å². The van der Waals surface area contributed by atoms with Gasteiger partial charge in [0.05, 0.1) is 11.5 Å². The van der Waals surface area contributed by atoms with Crippen molar-refractivity contribution >= 4 is 40.9 Å². The second-order valence-corrected chi connectivity index (χ2v) is 6.96. The molecule has 0 fully saturated rings. The molecule has 9 heteroatoms. The Labute approximate surface area is 166 Å². The molecule has 0 aliphatic heterocycles. The molecule has 0 saturated carbocycles. The van der Waals surface area contributed by atoms with Crippen molar-refractivity contribution in [1.29, 1.82) is 0 Å². The number of nitrogen functional groups attached to an aromatic ring is 1. The third-order valence-corrected chi connectivity index (χ3v) is 4.53. The molecule has 0 unspecified atom stereocenters. The first-order valence-corrected chi connectivity index (χ1v) is 9.61. The Kier molecular flexibility index (Phi) is 6.38. The highest BCUT2D eigenvalue weighted by Gasteiger charge is 2.08. The maximum absolute atomic E-state index is 13.0. The van der Waals surface area contributed by atoms with E-state index in [2.05, 4.69) is 25.6 Å². The monoisotopic (exact) mass is 398 g/mol. The predicted octanol–water partition coefficient (Wildman–Crippen LogP) is 3.52. The highest BCUT2D eigenvalue weighted by Crippen LogP contribution is 2.16. The molecule has 3 aromatic rings. The van der Waals surface area contributed by atoms with E-state index in [1.807, 2.05) is 31.2 Å². The van der Waals surface area contributed by atoms with E-state index in [-0.39, 0.29) is 29.4 Å². The summed E-state index contributed by atoms with van der Waals surface area (Å²) in [4.78, 5) is 24.4. The number of hydrogen-bond donors (Lipinski definition) is 3. The number of nitrogens with zero attached hydrogens (tertiary/aromatic N) is 3. The van der Waals surface area contributed by atoms with E-state index in [9.17, 15) is 9.18 Å². The zero-order chi connectivity index (χ0) is 19.9. The van der Waals surface area contributed by atoms with Crippen molar-refractivity contribution in [3.63, 3.8) is 0 Å². The molecule has 1 heterocycles. The van der Waals surface area contributed by atoms with Gasteiger partial charge in [0, 0.05) is 11.4 Å². The van der Waals surface area contributed by atoms with Crippen molar-refractivity contribution in [2.75, 3.05) is 22.1 Å². The number of thioether (sulfide) groups is 1. The predicted molar refractivity (Wildman–Crippen MR) is 110 cm³/mol. The Balaban J connectivity index is 1.53. The number of benzene rings is 2. The number of rotatable bonds is 7. The zero-order valence-corrected chi connectivity index (χ0v) is 16.0. The number of carbonyl (C=O) groups is 1. The van der Waals surface area contributed by atoms with E-state index >= 15 is 0 Å². The molecular formula is C19H19FN6OS. The fourth-order valence-corrected chi connectivity index (χ4v) is 2.96. The smallest absolute Gasteiger partial charge is 0.234 e. The second kappa shape index (κ2) is 9.14. The van der Waals surface area contributed by atoms with Gasteiger partial charge in [0.2, 0.25) is 17.8 Å². The first kappa shape index (κ1) is 19.6. The van der Waals surface area contributed by atoms with Gasteiger partial charge in [0.25, 0.3) is 0 Å². The number of anilines is 4. The van der Waals surface area contributed by atoms with Gasteiger partial charge >= 0.3 is 0 Å². The molecular weight excluding hydrogens is 379 g/mol. The van der Waals surface area contributed by atoms with Crippen LogP contribution in [-0.4, -0.2) is 26.6 Å². The Hall–Kier alpha value is -3.20. The first-order valence-electron chi connectivity index (χ1n) is 8.45. The van der Waals surface area contributed by atoms with Crippen LogP contribution in [0.2, 0.25) is 0 Å². The molecule has 2 aromatic carbocycles. The third kappa shape index (κ3) is 5.92. The number of nitrogens with two attached hydrogens (primary N) is 1. The third-order valence-electron chi connectivity index (χ3n) is 3.60. The van der Waals surface area contributed by atoms with Gasteiger partial charge in [0.15, 0.2) is 0 Å². The second-order valence-electron chi connectivity index (χ2n) is 5.97. The number of hydrogen-bond acceptors (Lipinski definition) is 7. The summed E-state index contributed by atoms with van der Waals surface area (Å²) >= 11 is 1.36. The fraction of sp³-hybridized carbons (Fsp3) is 0.158. The van der Waals surface area contributed by atoms with Crippen LogP contribution in [0.3, 0.4) is 0 Å². The highest BCUT2D eigenvalue weighted by molar-refractivity contribution is 7.99. The Bertz CT molecular complexity index is 950. The summed E-state index contributed by atoms with van der Waals surface area (Å²) in [6, 6.07) is 13.4. The van der Waals surface area contributed by atoms with Crippen molar-refractivity contribution in [3.8, 4) is 0 Å². The molecule has 1 aromatic heterocycles. The lowest BCUT2D eigenvalue weighted by molar-refractivity contribution is -0.113. The largest absolute Gasteiger partial charge is 0.368 e. The number of carbonyl (C=O) groups excluding carboxylic acids is 1. The number of nitrogens with one attached hydrogen (secondary N) is 2. The lowest BCUT2D eigenvalue weighted by atomic mass is 10.2. The maximum Gasteiger partial charge on any atom is 0.234 e. The molecule has 0 saturated heterocycles. The van der Waals surface area contributed by atoms with Crippen molar-refractivity contribution in [3.05, 3.63) is 65.7 Å². The van der Waals surface area contributed by atoms with E-state index in [0.29, 0.717) is 17.3 Å². The lowest BCUT2D eigenvalue weighted by Crippen LogP contribution is -2.14. The Morgan fingerprint density at radius 2 is 1.71 bits per heavy atom. The van der Waals surface area contributed by atoms with Gasteiger partial charge in [0.1, 0.15) is 11.6 Å². The quantitative estimate of drug-likeness (QED) is 0.559. The van der Waals surface area contributed by atoms with Crippen LogP contribution in [0.25, 0.3) is 0 Å². The topological polar surface area (TPSA) is 106 Å². The molecule has 4 N–H and O–H groups in total. The summed E-state index contributed by atoms with van der Waals surface area (Å²) < 4.78 is 13.0. The van der Waals surface area contributed by atoms with E-state index in [4.69, 9.17) is 5.73 Å². The van der Waals surface area contributed by atoms with Crippen LogP contribution < -0.4 is 16.4 Å². The van der Waals surface area contributed by atoms with E-state index in [1.165, 1.54) is 23.9 Å². The first-order chi connectivity index (χ1) is 13.5. The summed E-state index contributed by atoms with van der Waals surface area (Å²) in [7, 11) is 0. The number of amides is 1. The van der Waals surface area contributed by atoms with Crippen molar-refractivity contribution in [2.24, 2.45) is 0 Å². The minimum atomic E-state index is -0.332. The Morgan fingerprint density at radius 1 is 1.04 bits per heavy atom. The van der Waals surface area contributed by atoms with Gasteiger partial charge in [-0.05, 0) is 43.3 Å². The maximum atomic E-state index is 13.0. The molecule has 28 heavy (non-hydrogen) atoms. The Morgan fingerprint density at radius 3 is 2.43 bits per heavy atom. The summed E-state index contributed by atoms with van der Waals surface area (Å²) in [6.45, 7) is 1.99.